The lowest BCUT2D eigenvalue weighted by Crippen LogP contribution is -2.00. The molecule has 114 valence electrons. The smallest absolute Gasteiger partial charge is 0.157 e. The van der Waals surface area contributed by atoms with Gasteiger partial charge in [0.15, 0.2) is 5.65 Å². The van der Waals surface area contributed by atoms with Gasteiger partial charge in [0.2, 0.25) is 0 Å². The summed E-state index contributed by atoms with van der Waals surface area (Å²) in [5.41, 5.74) is 5.35. The summed E-state index contributed by atoms with van der Waals surface area (Å²) in [5.74, 6) is 0.974. The Labute approximate surface area is 138 Å². The van der Waals surface area contributed by atoms with Gasteiger partial charge in [-0.3, -0.25) is 9.38 Å². The van der Waals surface area contributed by atoms with Crippen LogP contribution in [0, 0.1) is 13.8 Å². The highest BCUT2D eigenvalue weighted by Crippen LogP contribution is 2.34. The second-order valence-electron chi connectivity index (χ2n) is 5.48. The molecule has 3 aromatic heterocycles. The quantitative estimate of drug-likeness (QED) is 0.588. The molecule has 0 aliphatic rings. The molecule has 4 nitrogen and oxygen atoms in total. The molecule has 1 N–H and O–H groups in total. The molecule has 4 rings (SSSR count). The maximum absolute atomic E-state index is 4.76. The lowest BCUT2D eigenvalue weighted by molar-refractivity contribution is 1.12. The molecule has 4 aromatic rings. The standard InChI is InChI=1S/C18H16N4S/c1-12-5-3-6-13(2)16(12)21-18-17(14-7-4-10-23-14)20-15-11-19-8-9-22(15)18/h3-11,21H,1-2H3. The Hall–Kier alpha value is -2.66. The van der Waals surface area contributed by atoms with Crippen molar-refractivity contribution in [3.8, 4) is 10.6 Å². The molecule has 0 aliphatic heterocycles. The van der Waals surface area contributed by atoms with Crippen molar-refractivity contribution in [1.82, 2.24) is 14.4 Å². The van der Waals surface area contributed by atoms with Crippen LogP contribution >= 0.6 is 11.3 Å². The average molecular weight is 320 g/mol. The van der Waals surface area contributed by atoms with Crippen LogP contribution in [0.1, 0.15) is 11.1 Å². The maximum atomic E-state index is 4.76. The van der Waals surface area contributed by atoms with E-state index < -0.39 is 0 Å². The molecule has 3 heterocycles. The molecule has 23 heavy (non-hydrogen) atoms. The van der Waals surface area contributed by atoms with Gasteiger partial charge in [0.05, 0.1) is 11.1 Å². The van der Waals surface area contributed by atoms with E-state index in [2.05, 4.69) is 53.8 Å². The summed E-state index contributed by atoms with van der Waals surface area (Å²) in [6, 6.07) is 10.4. The zero-order valence-corrected chi connectivity index (χ0v) is 13.8. The predicted octanol–water partition coefficient (Wildman–Crippen LogP) is 4.82. The van der Waals surface area contributed by atoms with Crippen LogP contribution in [0.5, 0.6) is 0 Å². The van der Waals surface area contributed by atoms with Crippen LogP contribution in [-0.2, 0) is 0 Å². The predicted molar refractivity (Wildman–Crippen MR) is 95.5 cm³/mol. The van der Waals surface area contributed by atoms with Gasteiger partial charge in [-0.05, 0) is 36.4 Å². The first kappa shape index (κ1) is 14.0. The SMILES string of the molecule is Cc1cccc(C)c1Nc1c(-c2cccs2)nc2cnccn12. The number of nitrogens with one attached hydrogen (secondary N) is 1. The summed E-state index contributed by atoms with van der Waals surface area (Å²) in [6.45, 7) is 4.23. The molecular weight excluding hydrogens is 304 g/mol. The number of hydrogen-bond donors (Lipinski definition) is 1. The number of para-hydroxylation sites is 1. The summed E-state index contributed by atoms with van der Waals surface area (Å²) in [7, 11) is 0. The molecule has 1 aromatic carbocycles. The van der Waals surface area contributed by atoms with Gasteiger partial charge < -0.3 is 5.32 Å². The van der Waals surface area contributed by atoms with Crippen LogP contribution < -0.4 is 5.32 Å². The minimum Gasteiger partial charge on any atom is -0.339 e. The molecule has 0 bridgehead atoms. The van der Waals surface area contributed by atoms with Gasteiger partial charge in [-0.1, -0.05) is 24.3 Å². The monoisotopic (exact) mass is 320 g/mol. The summed E-state index contributed by atoms with van der Waals surface area (Å²) >= 11 is 1.69. The summed E-state index contributed by atoms with van der Waals surface area (Å²) in [4.78, 5) is 10.1. The third-order valence-corrected chi connectivity index (χ3v) is 4.79. The fourth-order valence-electron chi connectivity index (χ4n) is 2.74. The van der Waals surface area contributed by atoms with Crippen LogP contribution in [-0.4, -0.2) is 14.4 Å². The Morgan fingerprint density at radius 2 is 1.91 bits per heavy atom. The zero-order chi connectivity index (χ0) is 15.8. The first-order valence-electron chi connectivity index (χ1n) is 7.43. The Bertz CT molecular complexity index is 950. The Balaban J connectivity index is 1.93. The molecule has 5 heteroatoms. The van der Waals surface area contributed by atoms with Gasteiger partial charge in [0.1, 0.15) is 11.5 Å². The number of imidazole rings is 1. The largest absolute Gasteiger partial charge is 0.339 e. The average Bonchev–Trinajstić information content (AvgIpc) is 3.19. The normalized spacial score (nSPS) is 11.0. The number of thiophene rings is 1. The fourth-order valence-corrected chi connectivity index (χ4v) is 3.46. The Morgan fingerprint density at radius 3 is 2.65 bits per heavy atom. The van der Waals surface area contributed by atoms with Crippen molar-refractivity contribution >= 4 is 28.5 Å². The Kier molecular flexibility index (Phi) is 3.35. The number of fused-ring (bicyclic) bond motifs is 1. The van der Waals surface area contributed by atoms with Gasteiger partial charge in [-0.2, -0.15) is 0 Å². The summed E-state index contributed by atoms with van der Waals surface area (Å²) in [6.07, 6.45) is 5.51. The van der Waals surface area contributed by atoms with Crippen molar-refractivity contribution in [3.05, 3.63) is 65.4 Å². The van der Waals surface area contributed by atoms with E-state index >= 15 is 0 Å². The second kappa shape index (κ2) is 5.52. The van der Waals surface area contributed by atoms with Crippen LogP contribution in [0.3, 0.4) is 0 Å². The minimum atomic E-state index is 0.838. The molecule has 0 saturated heterocycles. The van der Waals surface area contributed by atoms with Gasteiger partial charge in [0.25, 0.3) is 0 Å². The molecule has 0 radical (unpaired) electrons. The molecule has 0 amide bonds. The zero-order valence-electron chi connectivity index (χ0n) is 12.9. The lowest BCUT2D eigenvalue weighted by Gasteiger charge is -2.13. The molecule has 0 aliphatic carbocycles. The number of aryl methyl sites for hydroxylation is 2. The van der Waals surface area contributed by atoms with E-state index in [4.69, 9.17) is 4.98 Å². The van der Waals surface area contributed by atoms with Crippen LogP contribution in [0.25, 0.3) is 16.2 Å². The van der Waals surface area contributed by atoms with Gasteiger partial charge in [-0.25, -0.2) is 4.98 Å². The van der Waals surface area contributed by atoms with Crippen molar-refractivity contribution < 1.29 is 0 Å². The Morgan fingerprint density at radius 1 is 1.09 bits per heavy atom. The number of benzene rings is 1. The number of anilines is 2. The van der Waals surface area contributed by atoms with Gasteiger partial charge >= 0.3 is 0 Å². The second-order valence-corrected chi connectivity index (χ2v) is 6.43. The molecular formula is C18H16N4S. The van der Waals surface area contributed by atoms with E-state index in [0.717, 1.165) is 27.7 Å². The van der Waals surface area contributed by atoms with Crippen LogP contribution in [0.2, 0.25) is 0 Å². The van der Waals surface area contributed by atoms with Crippen molar-refractivity contribution in [2.75, 3.05) is 5.32 Å². The van der Waals surface area contributed by atoms with Crippen molar-refractivity contribution in [2.24, 2.45) is 0 Å². The van der Waals surface area contributed by atoms with Gasteiger partial charge in [0, 0.05) is 18.1 Å². The van der Waals surface area contributed by atoms with E-state index in [1.54, 1.807) is 23.7 Å². The van der Waals surface area contributed by atoms with Crippen molar-refractivity contribution in [2.45, 2.75) is 13.8 Å². The fraction of sp³-hybridized carbons (Fsp3) is 0.111. The molecule has 0 unspecified atom stereocenters. The van der Waals surface area contributed by atoms with Crippen LogP contribution in [0.4, 0.5) is 11.5 Å². The van der Waals surface area contributed by atoms with E-state index in [9.17, 15) is 0 Å². The summed E-state index contributed by atoms with van der Waals surface area (Å²) < 4.78 is 2.05. The third kappa shape index (κ3) is 2.39. The highest BCUT2D eigenvalue weighted by molar-refractivity contribution is 7.13. The van der Waals surface area contributed by atoms with E-state index in [1.165, 1.54) is 11.1 Å². The number of rotatable bonds is 3. The molecule has 0 spiro atoms. The minimum absolute atomic E-state index is 0.838. The summed E-state index contributed by atoms with van der Waals surface area (Å²) in [5, 5.41) is 5.67. The van der Waals surface area contributed by atoms with Crippen LogP contribution in [0.15, 0.2) is 54.3 Å². The number of aromatic nitrogens is 3. The molecule has 0 saturated carbocycles. The first-order valence-corrected chi connectivity index (χ1v) is 8.31. The number of hydrogen-bond acceptors (Lipinski definition) is 4. The first-order chi connectivity index (χ1) is 11.2. The van der Waals surface area contributed by atoms with E-state index in [0.29, 0.717) is 0 Å². The highest BCUT2D eigenvalue weighted by Gasteiger charge is 2.16. The van der Waals surface area contributed by atoms with Crippen molar-refractivity contribution in [1.29, 1.82) is 0 Å². The number of nitrogens with zero attached hydrogens (tertiary/aromatic N) is 3. The lowest BCUT2D eigenvalue weighted by atomic mass is 10.1. The maximum Gasteiger partial charge on any atom is 0.157 e. The highest BCUT2D eigenvalue weighted by atomic mass is 32.1. The van der Waals surface area contributed by atoms with E-state index in [1.807, 2.05) is 16.7 Å². The topological polar surface area (TPSA) is 42.2 Å². The van der Waals surface area contributed by atoms with Gasteiger partial charge in [-0.15, -0.1) is 11.3 Å². The van der Waals surface area contributed by atoms with E-state index in [-0.39, 0.29) is 0 Å². The van der Waals surface area contributed by atoms with Crippen molar-refractivity contribution in [3.63, 3.8) is 0 Å². The third-order valence-electron chi connectivity index (χ3n) is 3.91. The molecule has 0 atom stereocenters. The molecule has 0 fully saturated rings.